The van der Waals surface area contributed by atoms with Crippen molar-refractivity contribution >= 4 is 11.6 Å². The number of nitrogens with one attached hydrogen (secondary N) is 1. The number of ether oxygens (including phenoxy) is 2. The molecule has 36 heavy (non-hydrogen) atoms. The summed E-state index contributed by atoms with van der Waals surface area (Å²) in [4.78, 5) is 17.6. The Kier molecular flexibility index (Phi) is 7.43. The van der Waals surface area contributed by atoms with Crippen molar-refractivity contribution in [1.82, 2.24) is 4.98 Å². The Labute approximate surface area is 211 Å². The van der Waals surface area contributed by atoms with Gasteiger partial charge in [-0.05, 0) is 37.5 Å². The lowest BCUT2D eigenvalue weighted by atomic mass is 10.1. The van der Waals surface area contributed by atoms with Crippen LogP contribution in [0.3, 0.4) is 0 Å². The van der Waals surface area contributed by atoms with E-state index in [4.69, 9.17) is 18.9 Å². The molecule has 3 aromatic carbocycles. The lowest BCUT2D eigenvalue weighted by Crippen LogP contribution is -2.18. The van der Waals surface area contributed by atoms with Crippen LogP contribution < -0.4 is 10.1 Å². The van der Waals surface area contributed by atoms with Crippen LogP contribution in [0.2, 0.25) is 0 Å². The number of amides is 1. The molecule has 0 bridgehead atoms. The van der Waals surface area contributed by atoms with Gasteiger partial charge in [0.1, 0.15) is 18.1 Å². The third-order valence-electron chi connectivity index (χ3n) is 6.18. The maximum absolute atomic E-state index is 12.9. The van der Waals surface area contributed by atoms with E-state index in [-0.39, 0.29) is 18.4 Å². The van der Waals surface area contributed by atoms with Crippen molar-refractivity contribution < 1.29 is 18.7 Å². The summed E-state index contributed by atoms with van der Waals surface area (Å²) in [5.74, 6) is 1.77. The number of nitrogens with zero attached hydrogens (tertiary/aromatic N) is 1. The Balaban J connectivity index is 1.28. The Hall–Kier alpha value is -3.90. The summed E-state index contributed by atoms with van der Waals surface area (Å²) in [5, 5.41) is 2.99. The molecule has 1 aromatic heterocycles. The molecule has 1 aliphatic heterocycles. The molecule has 2 heterocycles. The van der Waals surface area contributed by atoms with Gasteiger partial charge in [-0.3, -0.25) is 4.79 Å². The van der Waals surface area contributed by atoms with Crippen LogP contribution in [0.25, 0.3) is 22.6 Å². The maximum atomic E-state index is 12.9. The number of aryl methyl sites for hydroxylation is 2. The first-order valence-electron chi connectivity index (χ1n) is 12.4. The monoisotopic (exact) mass is 482 g/mol. The molecule has 4 aromatic rings. The zero-order valence-electron chi connectivity index (χ0n) is 20.4. The van der Waals surface area contributed by atoms with Crippen molar-refractivity contribution in [2.75, 3.05) is 18.5 Å². The summed E-state index contributed by atoms with van der Waals surface area (Å²) >= 11 is 0. The largest absolute Gasteiger partial charge is 0.489 e. The van der Waals surface area contributed by atoms with Gasteiger partial charge in [-0.25, -0.2) is 4.98 Å². The van der Waals surface area contributed by atoms with Crippen LogP contribution in [-0.2, 0) is 16.0 Å². The Bertz CT molecular complexity index is 1240. The minimum atomic E-state index is -0.124. The van der Waals surface area contributed by atoms with Gasteiger partial charge in [0, 0.05) is 30.6 Å². The summed E-state index contributed by atoms with van der Waals surface area (Å²) in [7, 11) is 0. The molecule has 1 unspecified atom stereocenters. The fraction of sp³-hybridized carbons (Fsp3) is 0.267. The lowest BCUT2D eigenvalue weighted by Gasteiger charge is -2.16. The van der Waals surface area contributed by atoms with Gasteiger partial charge in [-0.15, -0.1) is 0 Å². The maximum Gasteiger partial charge on any atom is 0.224 e. The predicted octanol–water partition coefficient (Wildman–Crippen LogP) is 6.45. The van der Waals surface area contributed by atoms with E-state index in [0.717, 1.165) is 41.8 Å². The van der Waals surface area contributed by atoms with E-state index < -0.39 is 0 Å². The third kappa shape index (κ3) is 5.83. The topological polar surface area (TPSA) is 73.6 Å². The molecule has 0 aliphatic carbocycles. The quantitative estimate of drug-likeness (QED) is 0.297. The van der Waals surface area contributed by atoms with Crippen molar-refractivity contribution in [2.24, 2.45) is 0 Å². The SMILES string of the molecule is Cc1ccc(NC(=O)CCc2nc(-c3ccccc3)c(-c3ccccc3)o2)c(OCC2CCCO2)c1. The summed E-state index contributed by atoms with van der Waals surface area (Å²) in [6, 6.07) is 25.6. The van der Waals surface area contributed by atoms with Crippen LogP contribution in [0.1, 0.15) is 30.7 Å². The summed E-state index contributed by atoms with van der Waals surface area (Å²) in [6.45, 7) is 3.26. The van der Waals surface area contributed by atoms with Gasteiger partial charge in [-0.1, -0.05) is 66.7 Å². The van der Waals surface area contributed by atoms with Crippen molar-refractivity contribution in [1.29, 1.82) is 0 Å². The Morgan fingerprint density at radius 1 is 1.03 bits per heavy atom. The molecule has 1 fully saturated rings. The van der Waals surface area contributed by atoms with Gasteiger partial charge in [0.2, 0.25) is 5.91 Å². The molecule has 6 heteroatoms. The van der Waals surface area contributed by atoms with Crippen LogP contribution >= 0.6 is 0 Å². The summed E-state index contributed by atoms with van der Waals surface area (Å²) in [5.41, 5.74) is 4.43. The molecule has 5 rings (SSSR count). The van der Waals surface area contributed by atoms with Crippen molar-refractivity contribution in [3.05, 3.63) is 90.3 Å². The second kappa shape index (κ2) is 11.2. The molecule has 0 spiro atoms. The number of anilines is 1. The van der Waals surface area contributed by atoms with Crippen LogP contribution in [0.4, 0.5) is 5.69 Å². The molecule has 1 N–H and O–H groups in total. The van der Waals surface area contributed by atoms with E-state index in [1.165, 1.54) is 0 Å². The molecule has 6 nitrogen and oxygen atoms in total. The number of benzene rings is 3. The molecule has 1 amide bonds. The highest BCUT2D eigenvalue weighted by Crippen LogP contribution is 2.33. The minimum Gasteiger partial charge on any atom is -0.489 e. The molecule has 184 valence electrons. The molecular weight excluding hydrogens is 452 g/mol. The van der Waals surface area contributed by atoms with E-state index in [2.05, 4.69) is 5.32 Å². The van der Waals surface area contributed by atoms with E-state index in [1.807, 2.05) is 85.8 Å². The molecule has 1 aliphatic rings. The average molecular weight is 483 g/mol. The molecule has 1 atom stereocenters. The van der Waals surface area contributed by atoms with Crippen molar-refractivity contribution in [3.63, 3.8) is 0 Å². The molecule has 0 radical (unpaired) electrons. The van der Waals surface area contributed by atoms with E-state index in [0.29, 0.717) is 36.1 Å². The number of hydrogen-bond acceptors (Lipinski definition) is 5. The normalized spacial score (nSPS) is 15.1. The Morgan fingerprint density at radius 3 is 2.50 bits per heavy atom. The first-order chi connectivity index (χ1) is 17.7. The summed E-state index contributed by atoms with van der Waals surface area (Å²) < 4.78 is 17.8. The van der Waals surface area contributed by atoms with E-state index in [1.54, 1.807) is 0 Å². The first kappa shape index (κ1) is 23.8. The lowest BCUT2D eigenvalue weighted by molar-refractivity contribution is -0.116. The number of oxazole rings is 1. The highest BCUT2D eigenvalue weighted by atomic mass is 16.5. The zero-order chi connectivity index (χ0) is 24.7. The second-order valence-corrected chi connectivity index (χ2v) is 9.01. The van der Waals surface area contributed by atoms with Crippen LogP contribution in [-0.4, -0.2) is 30.2 Å². The highest BCUT2D eigenvalue weighted by Gasteiger charge is 2.19. The zero-order valence-corrected chi connectivity index (χ0v) is 20.4. The third-order valence-corrected chi connectivity index (χ3v) is 6.18. The fourth-order valence-electron chi connectivity index (χ4n) is 4.29. The van der Waals surface area contributed by atoms with Gasteiger partial charge in [0.25, 0.3) is 0 Å². The number of carbonyl (C=O) groups excluding carboxylic acids is 1. The van der Waals surface area contributed by atoms with E-state index >= 15 is 0 Å². The standard InChI is InChI=1S/C30H30N2O4/c1-21-14-15-25(26(19-21)35-20-24-13-8-18-34-24)31-27(33)16-17-28-32-29(22-9-4-2-5-10-22)30(36-28)23-11-6-3-7-12-23/h2-7,9-12,14-15,19,24H,8,13,16-18,20H2,1H3,(H,31,33). The van der Waals surface area contributed by atoms with Gasteiger partial charge < -0.3 is 19.2 Å². The average Bonchev–Trinajstić information content (AvgIpc) is 3.59. The minimum absolute atomic E-state index is 0.108. The summed E-state index contributed by atoms with van der Waals surface area (Å²) in [6.07, 6.45) is 2.79. The van der Waals surface area contributed by atoms with Gasteiger partial charge >= 0.3 is 0 Å². The highest BCUT2D eigenvalue weighted by molar-refractivity contribution is 5.92. The number of aromatic nitrogens is 1. The number of hydrogen-bond donors (Lipinski definition) is 1. The van der Waals surface area contributed by atoms with E-state index in [9.17, 15) is 4.79 Å². The first-order valence-corrected chi connectivity index (χ1v) is 12.4. The molecule has 0 saturated carbocycles. The molecule has 1 saturated heterocycles. The molecular formula is C30H30N2O4. The smallest absolute Gasteiger partial charge is 0.224 e. The van der Waals surface area contributed by atoms with Gasteiger partial charge in [0.15, 0.2) is 11.7 Å². The number of rotatable bonds is 9. The van der Waals surface area contributed by atoms with Crippen molar-refractivity contribution in [2.45, 2.75) is 38.7 Å². The number of carbonyl (C=O) groups is 1. The van der Waals surface area contributed by atoms with Crippen LogP contribution in [0, 0.1) is 6.92 Å². The van der Waals surface area contributed by atoms with Gasteiger partial charge in [-0.2, -0.15) is 0 Å². The Morgan fingerprint density at radius 2 is 1.78 bits per heavy atom. The second-order valence-electron chi connectivity index (χ2n) is 9.01. The fourth-order valence-corrected chi connectivity index (χ4v) is 4.29. The van der Waals surface area contributed by atoms with Crippen molar-refractivity contribution in [3.8, 4) is 28.3 Å². The van der Waals surface area contributed by atoms with Gasteiger partial charge in [0.05, 0.1) is 11.8 Å². The predicted molar refractivity (Wildman–Crippen MR) is 140 cm³/mol. The van der Waals surface area contributed by atoms with Crippen LogP contribution in [0.5, 0.6) is 5.75 Å². The van der Waals surface area contributed by atoms with Crippen LogP contribution in [0.15, 0.2) is 83.3 Å².